The second kappa shape index (κ2) is 10.7. The van der Waals surface area contributed by atoms with Crippen molar-refractivity contribution in [1.29, 1.82) is 10.5 Å². The van der Waals surface area contributed by atoms with Gasteiger partial charge in [-0.05, 0) is 13.3 Å². The molecular formula is C12H19N2O4P. The van der Waals surface area contributed by atoms with E-state index in [1.165, 1.54) is 0 Å². The molecule has 0 heterocycles. The summed E-state index contributed by atoms with van der Waals surface area (Å²) in [5.41, 5.74) is 0.778. The fraction of sp³-hybridized carbons (Fsp3) is 0.667. The van der Waals surface area contributed by atoms with Gasteiger partial charge in [-0.3, -0.25) is 4.57 Å². The Morgan fingerprint density at radius 2 is 1.79 bits per heavy atom. The Morgan fingerprint density at radius 3 is 2.21 bits per heavy atom. The Balaban J connectivity index is 4.36. The average Bonchev–Trinajstić information content (AvgIpc) is 2.39. The molecule has 0 aliphatic carbocycles. The molecule has 0 aromatic heterocycles. The SMILES string of the molecule is C/C(=C\CCP(=O)(OCCC#N)OCCC#N)CO. The standard InChI is InChI=1S/C12H19N2O4P/c1-12(11-15)5-2-10-19(16,17-8-3-6-13)18-9-4-7-14/h5,15H,2-4,8-11H2,1H3/b12-5+. The van der Waals surface area contributed by atoms with E-state index >= 15 is 0 Å². The molecule has 0 fully saturated rings. The Hall–Kier alpha value is -1.17. The van der Waals surface area contributed by atoms with Crippen molar-refractivity contribution in [1.82, 2.24) is 0 Å². The maximum Gasteiger partial charge on any atom is 0.331 e. The molecule has 0 amide bonds. The van der Waals surface area contributed by atoms with Crippen LogP contribution in [-0.2, 0) is 13.6 Å². The summed E-state index contributed by atoms with van der Waals surface area (Å²) in [6.07, 6.45) is 2.64. The van der Waals surface area contributed by atoms with Crippen LogP contribution in [0.3, 0.4) is 0 Å². The van der Waals surface area contributed by atoms with Crippen molar-refractivity contribution in [3.8, 4) is 12.1 Å². The van der Waals surface area contributed by atoms with Crippen molar-refractivity contribution in [3.63, 3.8) is 0 Å². The van der Waals surface area contributed by atoms with E-state index in [0.29, 0.717) is 6.42 Å². The molecule has 0 aliphatic rings. The lowest BCUT2D eigenvalue weighted by Crippen LogP contribution is -2.02. The molecule has 0 spiro atoms. The molecule has 7 heteroatoms. The van der Waals surface area contributed by atoms with E-state index in [-0.39, 0.29) is 38.8 Å². The van der Waals surface area contributed by atoms with Crippen LogP contribution in [0.5, 0.6) is 0 Å². The van der Waals surface area contributed by atoms with Gasteiger partial charge in [0, 0.05) is 0 Å². The highest BCUT2D eigenvalue weighted by Gasteiger charge is 2.23. The van der Waals surface area contributed by atoms with Crippen LogP contribution in [0.25, 0.3) is 0 Å². The first-order chi connectivity index (χ1) is 9.08. The molecule has 0 radical (unpaired) electrons. The molecular weight excluding hydrogens is 267 g/mol. The number of allylic oxidation sites excluding steroid dienone is 1. The number of hydrogen-bond acceptors (Lipinski definition) is 6. The summed E-state index contributed by atoms with van der Waals surface area (Å²) in [6.45, 7) is 1.80. The molecule has 0 saturated heterocycles. The van der Waals surface area contributed by atoms with Gasteiger partial charge in [-0.1, -0.05) is 11.6 Å². The van der Waals surface area contributed by atoms with Crippen LogP contribution in [0.4, 0.5) is 0 Å². The van der Waals surface area contributed by atoms with E-state index in [1.807, 2.05) is 12.1 Å². The summed E-state index contributed by atoms with van der Waals surface area (Å²) in [5, 5.41) is 25.7. The first-order valence-corrected chi connectivity index (χ1v) is 7.69. The molecule has 0 rings (SSSR count). The highest BCUT2D eigenvalue weighted by Crippen LogP contribution is 2.49. The van der Waals surface area contributed by atoms with Crippen LogP contribution in [0, 0.1) is 22.7 Å². The lowest BCUT2D eigenvalue weighted by molar-refractivity contribution is 0.211. The molecule has 0 saturated carbocycles. The minimum atomic E-state index is -3.27. The van der Waals surface area contributed by atoms with Crippen LogP contribution in [0.1, 0.15) is 26.2 Å². The predicted octanol–water partition coefficient (Wildman–Crippen LogP) is 2.37. The van der Waals surface area contributed by atoms with Gasteiger partial charge in [0.15, 0.2) is 0 Å². The van der Waals surface area contributed by atoms with Gasteiger partial charge in [0.2, 0.25) is 0 Å². The summed E-state index contributed by atoms with van der Waals surface area (Å²) in [4.78, 5) is 0. The monoisotopic (exact) mass is 286 g/mol. The van der Waals surface area contributed by atoms with E-state index in [2.05, 4.69) is 0 Å². The van der Waals surface area contributed by atoms with Gasteiger partial charge in [0.1, 0.15) is 0 Å². The zero-order valence-corrected chi connectivity index (χ0v) is 11.9. The zero-order valence-electron chi connectivity index (χ0n) is 11.0. The number of nitriles is 2. The highest BCUT2D eigenvalue weighted by atomic mass is 31.2. The fourth-order valence-corrected chi connectivity index (χ4v) is 2.68. The maximum atomic E-state index is 12.3. The molecule has 106 valence electrons. The number of aliphatic hydroxyl groups excluding tert-OH is 1. The lowest BCUT2D eigenvalue weighted by Gasteiger charge is -2.16. The van der Waals surface area contributed by atoms with Gasteiger partial charge < -0.3 is 14.2 Å². The summed E-state index contributed by atoms with van der Waals surface area (Å²) >= 11 is 0. The molecule has 0 unspecified atom stereocenters. The number of aliphatic hydroxyl groups is 1. The number of nitrogens with zero attached hydrogens (tertiary/aromatic N) is 2. The van der Waals surface area contributed by atoms with E-state index < -0.39 is 7.60 Å². The van der Waals surface area contributed by atoms with Crippen molar-refractivity contribution < 1.29 is 18.7 Å². The lowest BCUT2D eigenvalue weighted by atomic mass is 10.3. The van der Waals surface area contributed by atoms with Gasteiger partial charge in [-0.25, -0.2) is 0 Å². The summed E-state index contributed by atoms with van der Waals surface area (Å²) in [7, 11) is -3.27. The van der Waals surface area contributed by atoms with Crippen molar-refractivity contribution >= 4 is 7.60 Å². The Morgan fingerprint density at radius 1 is 1.26 bits per heavy atom. The molecule has 0 aromatic rings. The Bertz CT molecular complexity index is 385. The second-order valence-electron chi connectivity index (χ2n) is 3.81. The van der Waals surface area contributed by atoms with Crippen molar-refractivity contribution in [2.45, 2.75) is 26.2 Å². The van der Waals surface area contributed by atoms with Crippen molar-refractivity contribution in [2.24, 2.45) is 0 Å². The van der Waals surface area contributed by atoms with Crippen LogP contribution < -0.4 is 0 Å². The van der Waals surface area contributed by atoms with Crippen LogP contribution >= 0.6 is 7.60 Å². The normalized spacial score (nSPS) is 11.9. The number of rotatable bonds is 10. The quantitative estimate of drug-likeness (QED) is 0.375. The zero-order chi connectivity index (χ0) is 14.6. The van der Waals surface area contributed by atoms with Gasteiger partial charge in [0.25, 0.3) is 0 Å². The molecule has 0 aromatic carbocycles. The molecule has 1 N–H and O–H groups in total. The minimum Gasteiger partial charge on any atom is -0.392 e. The van der Waals surface area contributed by atoms with Gasteiger partial charge in [0.05, 0.1) is 51.0 Å². The Labute approximate surface area is 113 Å². The van der Waals surface area contributed by atoms with E-state index in [9.17, 15) is 4.57 Å². The molecule has 0 atom stereocenters. The van der Waals surface area contributed by atoms with Crippen LogP contribution in [0.15, 0.2) is 11.6 Å². The van der Waals surface area contributed by atoms with E-state index in [0.717, 1.165) is 5.57 Å². The molecule has 0 aliphatic heterocycles. The first-order valence-electron chi connectivity index (χ1n) is 5.96. The van der Waals surface area contributed by atoms with Gasteiger partial charge in [-0.15, -0.1) is 0 Å². The van der Waals surface area contributed by atoms with Crippen LogP contribution in [-0.4, -0.2) is 31.1 Å². The molecule has 6 nitrogen and oxygen atoms in total. The summed E-state index contributed by atoms with van der Waals surface area (Å²) in [6, 6.07) is 3.78. The smallest absolute Gasteiger partial charge is 0.331 e. The number of hydrogen-bond donors (Lipinski definition) is 1. The Kier molecular flexibility index (Phi) is 10.1. The summed E-state index contributed by atoms with van der Waals surface area (Å²) < 4.78 is 22.6. The van der Waals surface area contributed by atoms with Crippen LogP contribution in [0.2, 0.25) is 0 Å². The highest BCUT2D eigenvalue weighted by molar-refractivity contribution is 7.53. The molecule has 19 heavy (non-hydrogen) atoms. The van der Waals surface area contributed by atoms with Crippen molar-refractivity contribution in [2.75, 3.05) is 26.0 Å². The molecule has 0 bridgehead atoms. The third-order valence-corrected chi connectivity index (χ3v) is 4.11. The topological polar surface area (TPSA) is 103 Å². The predicted molar refractivity (Wildman–Crippen MR) is 70.3 cm³/mol. The average molecular weight is 286 g/mol. The summed E-state index contributed by atoms with van der Waals surface area (Å²) in [5.74, 6) is 0. The third-order valence-electron chi connectivity index (χ3n) is 2.15. The fourth-order valence-electron chi connectivity index (χ4n) is 1.16. The van der Waals surface area contributed by atoms with E-state index in [4.69, 9.17) is 24.7 Å². The van der Waals surface area contributed by atoms with Gasteiger partial charge >= 0.3 is 7.60 Å². The second-order valence-corrected chi connectivity index (χ2v) is 6.00. The maximum absolute atomic E-state index is 12.3. The first kappa shape index (κ1) is 17.8. The van der Waals surface area contributed by atoms with E-state index in [1.54, 1.807) is 13.0 Å². The van der Waals surface area contributed by atoms with Crippen molar-refractivity contribution in [3.05, 3.63) is 11.6 Å². The van der Waals surface area contributed by atoms with Gasteiger partial charge in [-0.2, -0.15) is 10.5 Å². The largest absolute Gasteiger partial charge is 0.392 e. The third kappa shape index (κ3) is 9.41. The minimum absolute atomic E-state index is 0.0447.